The molecule has 0 radical (unpaired) electrons. The number of aryl methyl sites for hydroxylation is 1. The third kappa shape index (κ3) is 3.99. The zero-order valence-electron chi connectivity index (χ0n) is 13.9. The van der Waals surface area contributed by atoms with Crippen molar-refractivity contribution in [3.05, 3.63) is 18.2 Å². The Balaban J connectivity index is 1.91. The molecule has 7 nitrogen and oxygen atoms in total. The van der Waals surface area contributed by atoms with Gasteiger partial charge in [0.1, 0.15) is 0 Å². The Hall–Kier alpha value is -1.81. The molecule has 1 aromatic heterocycles. The molecular formula is C14H22F3N5O2. The van der Waals surface area contributed by atoms with E-state index in [1.807, 2.05) is 19.0 Å². The van der Waals surface area contributed by atoms with Crippen LogP contribution in [0, 0.1) is 0 Å². The molecule has 136 valence electrons. The summed E-state index contributed by atoms with van der Waals surface area (Å²) in [7, 11) is 5.27. The van der Waals surface area contributed by atoms with Crippen molar-refractivity contribution in [3.8, 4) is 0 Å². The van der Waals surface area contributed by atoms with Crippen molar-refractivity contribution < 1.29 is 22.7 Å². The van der Waals surface area contributed by atoms with E-state index in [-0.39, 0.29) is 17.9 Å². The Bertz CT molecular complexity index is 569. The molecule has 1 unspecified atom stereocenters. The third-order valence-corrected chi connectivity index (χ3v) is 4.33. The lowest BCUT2D eigenvalue weighted by atomic mass is 9.87. The van der Waals surface area contributed by atoms with Crippen molar-refractivity contribution in [1.82, 2.24) is 25.1 Å². The number of carbonyl (C=O) groups is 1. The standard InChI is InChI=1S/C14H22F3N5O2/c1-21(2)13(8-18-9-13)4-5-20-12(23)24-10(14(15,16)17)11-19-6-7-22(11)3/h6-7,10,18H,4-5,8-9H2,1-3H3,(H,20,23). The van der Waals surface area contributed by atoms with Gasteiger partial charge in [-0.2, -0.15) is 13.2 Å². The summed E-state index contributed by atoms with van der Waals surface area (Å²) in [5.41, 5.74) is -0.0869. The van der Waals surface area contributed by atoms with Crippen LogP contribution in [-0.4, -0.2) is 66.0 Å². The summed E-state index contributed by atoms with van der Waals surface area (Å²) in [5, 5.41) is 5.55. The van der Waals surface area contributed by atoms with E-state index in [0.29, 0.717) is 6.42 Å². The van der Waals surface area contributed by atoms with Crippen molar-refractivity contribution in [2.24, 2.45) is 7.05 Å². The van der Waals surface area contributed by atoms with Gasteiger partial charge in [-0.25, -0.2) is 9.78 Å². The molecule has 0 aliphatic carbocycles. The van der Waals surface area contributed by atoms with Gasteiger partial charge in [-0.3, -0.25) is 0 Å². The van der Waals surface area contributed by atoms with Crippen LogP contribution in [-0.2, 0) is 11.8 Å². The van der Waals surface area contributed by atoms with Gasteiger partial charge in [0.05, 0.1) is 0 Å². The van der Waals surface area contributed by atoms with Crippen LogP contribution >= 0.6 is 0 Å². The fourth-order valence-electron chi connectivity index (χ4n) is 2.57. The van der Waals surface area contributed by atoms with E-state index in [9.17, 15) is 18.0 Å². The van der Waals surface area contributed by atoms with E-state index in [0.717, 1.165) is 13.1 Å². The van der Waals surface area contributed by atoms with E-state index in [2.05, 4.69) is 20.4 Å². The molecule has 1 atom stereocenters. The molecule has 24 heavy (non-hydrogen) atoms. The lowest BCUT2D eigenvalue weighted by Gasteiger charge is -2.48. The Morgan fingerprint density at radius 2 is 2.21 bits per heavy atom. The molecule has 10 heteroatoms. The third-order valence-electron chi connectivity index (χ3n) is 4.33. The minimum Gasteiger partial charge on any atom is -0.428 e. The number of carbonyl (C=O) groups excluding carboxylic acids is 1. The molecule has 1 aliphatic rings. The second-order valence-electron chi connectivity index (χ2n) is 6.12. The number of aromatic nitrogens is 2. The lowest BCUT2D eigenvalue weighted by molar-refractivity contribution is -0.209. The Morgan fingerprint density at radius 3 is 2.62 bits per heavy atom. The first kappa shape index (κ1) is 18.5. The summed E-state index contributed by atoms with van der Waals surface area (Å²) in [6.45, 7) is 1.77. The molecule has 1 aliphatic heterocycles. The molecule has 0 saturated carbocycles. The number of ether oxygens (including phenoxy) is 1. The van der Waals surface area contributed by atoms with Gasteiger partial charge in [0, 0.05) is 44.6 Å². The predicted octanol–water partition coefficient (Wildman–Crippen LogP) is 1.04. The number of alkyl carbamates (subject to hydrolysis) is 1. The van der Waals surface area contributed by atoms with Crippen LogP contribution in [0.5, 0.6) is 0 Å². The molecule has 2 N–H and O–H groups in total. The summed E-state index contributed by atoms with van der Waals surface area (Å²) >= 11 is 0. The summed E-state index contributed by atoms with van der Waals surface area (Å²) < 4.78 is 45.1. The Kier molecular flexibility index (Phi) is 5.38. The summed E-state index contributed by atoms with van der Waals surface area (Å²) in [6.07, 6.45) is -5.05. The lowest BCUT2D eigenvalue weighted by Crippen LogP contribution is -2.67. The van der Waals surface area contributed by atoms with Crippen LogP contribution in [0.3, 0.4) is 0 Å². The summed E-state index contributed by atoms with van der Waals surface area (Å²) in [4.78, 5) is 17.4. The maximum Gasteiger partial charge on any atom is 0.433 e. The molecule has 2 rings (SSSR count). The minimum absolute atomic E-state index is 0.0869. The van der Waals surface area contributed by atoms with E-state index in [4.69, 9.17) is 0 Å². The van der Waals surface area contributed by atoms with Gasteiger partial charge in [-0.15, -0.1) is 0 Å². The van der Waals surface area contributed by atoms with Gasteiger partial charge in [0.15, 0.2) is 5.82 Å². The number of amides is 1. The van der Waals surface area contributed by atoms with Crippen molar-refractivity contribution in [2.75, 3.05) is 33.7 Å². The van der Waals surface area contributed by atoms with Crippen LogP contribution in [0.15, 0.2) is 12.4 Å². The van der Waals surface area contributed by atoms with Crippen molar-refractivity contribution in [3.63, 3.8) is 0 Å². The molecule has 0 bridgehead atoms. The molecule has 0 spiro atoms. The van der Waals surface area contributed by atoms with E-state index in [1.54, 1.807) is 0 Å². The zero-order valence-corrected chi connectivity index (χ0v) is 13.9. The average Bonchev–Trinajstić information content (AvgIpc) is 2.83. The normalized spacial score (nSPS) is 18.1. The number of nitrogens with zero attached hydrogens (tertiary/aromatic N) is 3. The van der Waals surface area contributed by atoms with E-state index >= 15 is 0 Å². The van der Waals surface area contributed by atoms with Gasteiger partial charge >= 0.3 is 12.3 Å². The van der Waals surface area contributed by atoms with Crippen molar-refractivity contribution >= 4 is 6.09 Å². The van der Waals surface area contributed by atoms with Crippen molar-refractivity contribution in [2.45, 2.75) is 24.2 Å². The van der Waals surface area contributed by atoms with Gasteiger partial charge < -0.3 is 24.8 Å². The number of hydrogen-bond donors (Lipinski definition) is 2. The zero-order chi connectivity index (χ0) is 18.0. The SMILES string of the molecule is CN(C)C1(CCNC(=O)OC(c2nccn2C)C(F)(F)F)CNC1. The molecule has 1 amide bonds. The number of halogens is 3. The highest BCUT2D eigenvalue weighted by molar-refractivity contribution is 5.67. The number of nitrogens with one attached hydrogen (secondary N) is 2. The first-order valence-electron chi connectivity index (χ1n) is 7.52. The minimum atomic E-state index is -4.74. The average molecular weight is 349 g/mol. The predicted molar refractivity (Wildman–Crippen MR) is 80.4 cm³/mol. The number of alkyl halides is 3. The largest absolute Gasteiger partial charge is 0.433 e. The molecule has 1 aromatic rings. The fraction of sp³-hybridized carbons (Fsp3) is 0.714. The maximum absolute atomic E-state index is 13.1. The highest BCUT2D eigenvalue weighted by Crippen LogP contribution is 2.34. The Morgan fingerprint density at radius 1 is 1.54 bits per heavy atom. The fourth-order valence-corrected chi connectivity index (χ4v) is 2.57. The van der Waals surface area contributed by atoms with Gasteiger partial charge in [0.25, 0.3) is 6.10 Å². The monoisotopic (exact) mass is 349 g/mol. The summed E-state index contributed by atoms with van der Waals surface area (Å²) in [6, 6.07) is 0. The second kappa shape index (κ2) is 6.98. The molecule has 2 heterocycles. The molecule has 1 fully saturated rings. The second-order valence-corrected chi connectivity index (χ2v) is 6.12. The smallest absolute Gasteiger partial charge is 0.428 e. The van der Waals surface area contributed by atoms with Crippen LogP contribution in [0.4, 0.5) is 18.0 Å². The van der Waals surface area contributed by atoms with Crippen LogP contribution < -0.4 is 10.6 Å². The van der Waals surface area contributed by atoms with Gasteiger partial charge in [-0.05, 0) is 20.5 Å². The molecule has 0 aromatic carbocycles. The first-order chi connectivity index (χ1) is 11.2. The number of hydrogen-bond acceptors (Lipinski definition) is 5. The first-order valence-corrected chi connectivity index (χ1v) is 7.52. The Labute approximate surface area is 138 Å². The number of rotatable bonds is 6. The topological polar surface area (TPSA) is 71.4 Å². The highest BCUT2D eigenvalue weighted by atomic mass is 19.4. The van der Waals surface area contributed by atoms with Gasteiger partial charge in [-0.1, -0.05) is 0 Å². The molecule has 1 saturated heterocycles. The molecular weight excluding hydrogens is 327 g/mol. The van der Waals surface area contributed by atoms with Crippen LogP contribution in [0.2, 0.25) is 0 Å². The number of imidazole rings is 1. The number of likely N-dealkylation sites (N-methyl/N-ethyl adjacent to an activating group) is 1. The maximum atomic E-state index is 13.1. The highest BCUT2D eigenvalue weighted by Gasteiger charge is 2.46. The van der Waals surface area contributed by atoms with E-state index in [1.165, 1.54) is 24.0 Å². The van der Waals surface area contributed by atoms with E-state index < -0.39 is 18.4 Å². The van der Waals surface area contributed by atoms with Crippen molar-refractivity contribution in [1.29, 1.82) is 0 Å². The quantitative estimate of drug-likeness (QED) is 0.803. The summed E-state index contributed by atoms with van der Waals surface area (Å²) in [5.74, 6) is -0.370. The van der Waals surface area contributed by atoms with Crippen LogP contribution in [0.1, 0.15) is 18.3 Å². The van der Waals surface area contributed by atoms with Crippen LogP contribution in [0.25, 0.3) is 0 Å². The van der Waals surface area contributed by atoms with Gasteiger partial charge in [0.2, 0.25) is 0 Å².